The van der Waals surface area contributed by atoms with Crippen LogP contribution in [0.2, 0.25) is 0 Å². The van der Waals surface area contributed by atoms with Crippen LogP contribution >= 0.6 is 15.9 Å². The maximum Gasteiger partial charge on any atom is 0.0320 e. The quantitative estimate of drug-likeness (QED) is 0.544. The SMILES string of the molecule is C#C/C(=C\c1ccc(C)cc1)c1ccc(Br)cc1. The molecule has 0 aromatic heterocycles. The standard InChI is InChI=1S/C17H13Br/c1-3-15(16-8-10-17(18)11-9-16)12-14-6-4-13(2)5-7-14/h1,4-12H,2H3/b15-12+. The molecular formula is C17H13Br. The summed E-state index contributed by atoms with van der Waals surface area (Å²) in [5.41, 5.74) is 4.32. The van der Waals surface area contributed by atoms with Crippen molar-refractivity contribution >= 4 is 27.6 Å². The van der Waals surface area contributed by atoms with E-state index in [1.807, 2.05) is 30.3 Å². The summed E-state index contributed by atoms with van der Waals surface area (Å²) in [6.45, 7) is 2.07. The second kappa shape index (κ2) is 5.71. The molecule has 0 fully saturated rings. The Hall–Kier alpha value is -1.78. The first kappa shape index (κ1) is 12.7. The van der Waals surface area contributed by atoms with Crippen LogP contribution in [-0.4, -0.2) is 0 Å². The summed E-state index contributed by atoms with van der Waals surface area (Å²) in [4.78, 5) is 0. The molecule has 0 N–H and O–H groups in total. The van der Waals surface area contributed by atoms with Gasteiger partial charge in [0.1, 0.15) is 0 Å². The molecule has 0 nitrogen and oxygen atoms in total. The molecule has 2 aromatic carbocycles. The van der Waals surface area contributed by atoms with Crippen molar-refractivity contribution in [3.63, 3.8) is 0 Å². The molecular weight excluding hydrogens is 284 g/mol. The van der Waals surface area contributed by atoms with E-state index in [4.69, 9.17) is 6.42 Å². The zero-order valence-electron chi connectivity index (χ0n) is 10.2. The van der Waals surface area contributed by atoms with E-state index < -0.39 is 0 Å². The number of rotatable bonds is 2. The zero-order valence-corrected chi connectivity index (χ0v) is 11.7. The van der Waals surface area contributed by atoms with Crippen molar-refractivity contribution < 1.29 is 0 Å². The first-order valence-corrected chi connectivity index (χ1v) is 6.49. The first-order chi connectivity index (χ1) is 8.69. The van der Waals surface area contributed by atoms with E-state index in [0.717, 1.165) is 21.2 Å². The molecule has 0 heterocycles. The molecule has 0 aliphatic rings. The summed E-state index contributed by atoms with van der Waals surface area (Å²) in [5.74, 6) is 2.75. The van der Waals surface area contributed by atoms with Crippen LogP contribution in [0.1, 0.15) is 16.7 Å². The number of benzene rings is 2. The summed E-state index contributed by atoms with van der Waals surface area (Å²) in [6, 6.07) is 16.3. The maximum atomic E-state index is 5.59. The number of terminal acetylenes is 1. The summed E-state index contributed by atoms with van der Waals surface area (Å²) in [7, 11) is 0. The molecule has 0 aliphatic carbocycles. The minimum absolute atomic E-state index is 0.895. The molecule has 2 aromatic rings. The largest absolute Gasteiger partial charge is 0.115 e. The van der Waals surface area contributed by atoms with Crippen molar-refractivity contribution in [2.75, 3.05) is 0 Å². The Labute approximate surface area is 116 Å². The van der Waals surface area contributed by atoms with E-state index in [9.17, 15) is 0 Å². The number of hydrogen-bond donors (Lipinski definition) is 0. The second-order valence-electron chi connectivity index (χ2n) is 4.12. The van der Waals surface area contributed by atoms with Crippen molar-refractivity contribution in [2.45, 2.75) is 6.92 Å². The lowest BCUT2D eigenvalue weighted by atomic mass is 10.0. The molecule has 0 aliphatic heterocycles. The topological polar surface area (TPSA) is 0 Å². The Bertz CT molecular complexity index is 596. The van der Waals surface area contributed by atoms with Gasteiger partial charge in [-0.2, -0.15) is 0 Å². The molecule has 2 rings (SSSR count). The van der Waals surface area contributed by atoms with Crippen LogP contribution < -0.4 is 0 Å². The predicted octanol–water partition coefficient (Wildman–Crippen LogP) is 4.93. The number of hydrogen-bond acceptors (Lipinski definition) is 0. The van der Waals surface area contributed by atoms with Gasteiger partial charge in [0.25, 0.3) is 0 Å². The minimum Gasteiger partial charge on any atom is -0.115 e. The summed E-state index contributed by atoms with van der Waals surface area (Å²) in [6.07, 6.45) is 7.62. The lowest BCUT2D eigenvalue weighted by Gasteiger charge is -2.02. The van der Waals surface area contributed by atoms with Crippen LogP contribution in [0, 0.1) is 19.3 Å². The molecule has 0 spiro atoms. The highest BCUT2D eigenvalue weighted by molar-refractivity contribution is 9.10. The molecule has 18 heavy (non-hydrogen) atoms. The van der Waals surface area contributed by atoms with Gasteiger partial charge in [-0.25, -0.2) is 0 Å². The van der Waals surface area contributed by atoms with Gasteiger partial charge in [-0.15, -0.1) is 6.42 Å². The molecule has 0 saturated heterocycles. The van der Waals surface area contributed by atoms with Crippen LogP contribution in [0.3, 0.4) is 0 Å². The summed E-state index contributed by atoms with van der Waals surface area (Å²) < 4.78 is 1.05. The first-order valence-electron chi connectivity index (χ1n) is 5.70. The number of aryl methyl sites for hydroxylation is 1. The van der Waals surface area contributed by atoms with E-state index in [2.05, 4.69) is 53.0 Å². The van der Waals surface area contributed by atoms with Crippen molar-refractivity contribution in [3.05, 3.63) is 69.7 Å². The van der Waals surface area contributed by atoms with Gasteiger partial charge in [0, 0.05) is 10.0 Å². The van der Waals surface area contributed by atoms with E-state index in [0.29, 0.717) is 0 Å². The Morgan fingerprint density at radius 1 is 1.06 bits per heavy atom. The maximum absolute atomic E-state index is 5.59. The monoisotopic (exact) mass is 296 g/mol. The van der Waals surface area contributed by atoms with Crippen LogP contribution in [0.25, 0.3) is 11.6 Å². The third-order valence-electron chi connectivity index (χ3n) is 2.70. The van der Waals surface area contributed by atoms with Crippen LogP contribution in [0.4, 0.5) is 0 Å². The Morgan fingerprint density at radius 3 is 2.22 bits per heavy atom. The summed E-state index contributed by atoms with van der Waals surface area (Å²) in [5, 5.41) is 0. The van der Waals surface area contributed by atoms with Crippen molar-refractivity contribution in [2.24, 2.45) is 0 Å². The van der Waals surface area contributed by atoms with Crippen LogP contribution in [-0.2, 0) is 0 Å². The molecule has 0 unspecified atom stereocenters. The Balaban J connectivity index is 2.37. The predicted molar refractivity (Wildman–Crippen MR) is 82.0 cm³/mol. The molecule has 0 bridgehead atoms. The summed E-state index contributed by atoms with van der Waals surface area (Å²) >= 11 is 3.42. The van der Waals surface area contributed by atoms with E-state index >= 15 is 0 Å². The highest BCUT2D eigenvalue weighted by Gasteiger charge is 1.99. The molecule has 0 radical (unpaired) electrons. The number of allylic oxidation sites excluding steroid dienone is 1. The molecule has 88 valence electrons. The van der Waals surface area contributed by atoms with Gasteiger partial charge < -0.3 is 0 Å². The Kier molecular flexibility index (Phi) is 4.02. The highest BCUT2D eigenvalue weighted by Crippen LogP contribution is 2.20. The molecule has 0 saturated carbocycles. The fourth-order valence-corrected chi connectivity index (χ4v) is 1.93. The van der Waals surface area contributed by atoms with Gasteiger partial charge in [-0.05, 0) is 36.3 Å². The van der Waals surface area contributed by atoms with Gasteiger partial charge in [-0.1, -0.05) is 63.8 Å². The molecule has 1 heteroatoms. The van der Waals surface area contributed by atoms with Crippen LogP contribution in [0.5, 0.6) is 0 Å². The number of halogens is 1. The van der Waals surface area contributed by atoms with Gasteiger partial charge in [0.15, 0.2) is 0 Å². The molecule has 0 atom stereocenters. The third kappa shape index (κ3) is 3.12. The Morgan fingerprint density at radius 2 is 1.67 bits per heavy atom. The van der Waals surface area contributed by atoms with E-state index in [-0.39, 0.29) is 0 Å². The lowest BCUT2D eigenvalue weighted by Crippen LogP contribution is -1.82. The van der Waals surface area contributed by atoms with Gasteiger partial charge in [-0.3, -0.25) is 0 Å². The zero-order chi connectivity index (χ0) is 13.0. The van der Waals surface area contributed by atoms with Crippen molar-refractivity contribution in [3.8, 4) is 12.3 Å². The minimum atomic E-state index is 0.895. The van der Waals surface area contributed by atoms with Crippen LogP contribution in [0.15, 0.2) is 53.0 Å². The van der Waals surface area contributed by atoms with Gasteiger partial charge >= 0.3 is 0 Å². The third-order valence-corrected chi connectivity index (χ3v) is 3.23. The van der Waals surface area contributed by atoms with Gasteiger partial charge in [0.2, 0.25) is 0 Å². The molecule has 0 amide bonds. The average molecular weight is 297 g/mol. The smallest absolute Gasteiger partial charge is 0.0320 e. The fraction of sp³-hybridized carbons (Fsp3) is 0.0588. The highest BCUT2D eigenvalue weighted by atomic mass is 79.9. The van der Waals surface area contributed by atoms with Gasteiger partial charge in [0.05, 0.1) is 0 Å². The lowest BCUT2D eigenvalue weighted by molar-refractivity contribution is 1.46. The fourth-order valence-electron chi connectivity index (χ4n) is 1.67. The second-order valence-corrected chi connectivity index (χ2v) is 5.04. The average Bonchev–Trinajstić information content (AvgIpc) is 2.39. The van der Waals surface area contributed by atoms with E-state index in [1.165, 1.54) is 5.56 Å². The van der Waals surface area contributed by atoms with Crippen molar-refractivity contribution in [1.29, 1.82) is 0 Å². The van der Waals surface area contributed by atoms with E-state index in [1.54, 1.807) is 0 Å². The van der Waals surface area contributed by atoms with Crippen molar-refractivity contribution in [1.82, 2.24) is 0 Å². The normalized spacial score (nSPS) is 11.1.